The van der Waals surface area contributed by atoms with Gasteiger partial charge in [0.05, 0.1) is 23.8 Å². The molecule has 128 valence electrons. The van der Waals surface area contributed by atoms with Crippen molar-refractivity contribution in [2.24, 2.45) is 0 Å². The van der Waals surface area contributed by atoms with E-state index in [0.29, 0.717) is 26.1 Å². The van der Waals surface area contributed by atoms with Crippen molar-refractivity contribution in [3.8, 4) is 0 Å². The van der Waals surface area contributed by atoms with Crippen LogP contribution in [0, 0.1) is 5.82 Å². The van der Waals surface area contributed by atoms with Crippen LogP contribution in [-0.4, -0.2) is 48.5 Å². The van der Waals surface area contributed by atoms with Gasteiger partial charge in [-0.25, -0.2) is 12.8 Å². The largest absolute Gasteiger partial charge is 0.378 e. The Bertz CT molecular complexity index is 769. The number of sulfonamides is 1. The van der Waals surface area contributed by atoms with Crippen LogP contribution in [0.5, 0.6) is 0 Å². The first-order valence-electron chi connectivity index (χ1n) is 7.67. The van der Waals surface area contributed by atoms with Crippen LogP contribution in [-0.2, 0) is 21.2 Å². The zero-order valence-corrected chi connectivity index (χ0v) is 13.8. The number of hydrogen-bond donors (Lipinski definition) is 0. The Morgan fingerprint density at radius 1 is 1.25 bits per heavy atom. The maximum absolute atomic E-state index is 13.1. The molecule has 0 saturated carbocycles. The van der Waals surface area contributed by atoms with E-state index in [4.69, 9.17) is 4.74 Å². The molecule has 1 aromatic heterocycles. The SMILES string of the molecule is O=S(=O)(c1ccc(F)cc1)N1CCOCC1CCc1cnccn1. The first kappa shape index (κ1) is 16.9. The van der Waals surface area contributed by atoms with E-state index in [-0.39, 0.29) is 17.5 Å². The molecule has 1 aliphatic rings. The number of rotatable bonds is 5. The lowest BCUT2D eigenvalue weighted by atomic mass is 10.1. The summed E-state index contributed by atoms with van der Waals surface area (Å²) in [6, 6.07) is 4.61. The van der Waals surface area contributed by atoms with Crippen LogP contribution in [0.15, 0.2) is 47.8 Å². The van der Waals surface area contributed by atoms with E-state index in [1.165, 1.54) is 16.4 Å². The van der Waals surface area contributed by atoms with Crippen LogP contribution in [0.3, 0.4) is 0 Å². The Labute approximate surface area is 140 Å². The minimum Gasteiger partial charge on any atom is -0.378 e. The molecule has 1 aliphatic heterocycles. The summed E-state index contributed by atoms with van der Waals surface area (Å²) in [7, 11) is -3.68. The second-order valence-corrected chi connectivity index (χ2v) is 7.42. The molecular weight excluding hydrogens is 333 g/mol. The van der Waals surface area contributed by atoms with E-state index in [1.54, 1.807) is 18.6 Å². The molecular formula is C16H18FN3O3S. The highest BCUT2D eigenvalue weighted by Gasteiger charge is 2.33. The molecule has 1 atom stereocenters. The predicted octanol–water partition coefficient (Wildman–Crippen LogP) is 1.64. The van der Waals surface area contributed by atoms with Crippen molar-refractivity contribution < 1.29 is 17.5 Å². The summed E-state index contributed by atoms with van der Waals surface area (Å²) in [5, 5.41) is 0. The number of halogens is 1. The first-order chi connectivity index (χ1) is 11.6. The molecule has 0 N–H and O–H groups in total. The van der Waals surface area contributed by atoms with Crippen molar-refractivity contribution in [2.45, 2.75) is 23.8 Å². The van der Waals surface area contributed by atoms with Crippen molar-refractivity contribution in [2.75, 3.05) is 19.8 Å². The molecule has 8 heteroatoms. The monoisotopic (exact) mass is 351 g/mol. The van der Waals surface area contributed by atoms with Gasteiger partial charge in [0.25, 0.3) is 0 Å². The summed E-state index contributed by atoms with van der Waals surface area (Å²) in [6.45, 7) is 0.966. The van der Waals surface area contributed by atoms with Crippen molar-refractivity contribution in [1.82, 2.24) is 14.3 Å². The standard InChI is InChI=1S/C16H18FN3O3S/c17-13-1-5-16(6-2-13)24(21,22)20-9-10-23-12-15(20)4-3-14-11-18-7-8-19-14/h1-2,5-8,11,15H,3-4,9-10,12H2. The molecule has 1 saturated heterocycles. The molecule has 6 nitrogen and oxygen atoms in total. The van der Waals surface area contributed by atoms with Gasteiger partial charge in [-0.1, -0.05) is 0 Å². The summed E-state index contributed by atoms with van der Waals surface area (Å²) >= 11 is 0. The molecule has 24 heavy (non-hydrogen) atoms. The van der Waals surface area contributed by atoms with Crippen molar-refractivity contribution >= 4 is 10.0 Å². The van der Waals surface area contributed by atoms with Gasteiger partial charge in [0, 0.05) is 31.2 Å². The van der Waals surface area contributed by atoms with Gasteiger partial charge >= 0.3 is 0 Å². The third-order valence-corrected chi connectivity index (χ3v) is 5.91. The summed E-state index contributed by atoms with van der Waals surface area (Å²) < 4.78 is 45.6. The summed E-state index contributed by atoms with van der Waals surface area (Å²) in [4.78, 5) is 8.31. The maximum atomic E-state index is 13.1. The Morgan fingerprint density at radius 2 is 2.04 bits per heavy atom. The van der Waals surface area contributed by atoms with Crippen LogP contribution in [0.2, 0.25) is 0 Å². The Balaban J connectivity index is 1.77. The number of nitrogens with zero attached hydrogens (tertiary/aromatic N) is 3. The smallest absolute Gasteiger partial charge is 0.243 e. The predicted molar refractivity (Wildman–Crippen MR) is 85.3 cm³/mol. The van der Waals surface area contributed by atoms with Gasteiger partial charge in [-0.05, 0) is 37.1 Å². The molecule has 0 aliphatic carbocycles. The van der Waals surface area contributed by atoms with E-state index in [9.17, 15) is 12.8 Å². The van der Waals surface area contributed by atoms with Crippen LogP contribution >= 0.6 is 0 Å². The molecule has 1 aromatic carbocycles. The van der Waals surface area contributed by atoms with Gasteiger partial charge in [-0.2, -0.15) is 4.31 Å². The van der Waals surface area contributed by atoms with Gasteiger partial charge in [-0.15, -0.1) is 0 Å². The number of aromatic nitrogens is 2. The second kappa shape index (κ2) is 7.33. The number of morpholine rings is 1. The first-order valence-corrected chi connectivity index (χ1v) is 9.11. The van der Waals surface area contributed by atoms with Crippen LogP contribution in [0.1, 0.15) is 12.1 Å². The minimum absolute atomic E-state index is 0.0929. The summed E-state index contributed by atoms with van der Waals surface area (Å²) in [5.74, 6) is -0.463. The van der Waals surface area contributed by atoms with Crippen molar-refractivity contribution in [3.05, 3.63) is 54.4 Å². The normalized spacial score (nSPS) is 19.3. The van der Waals surface area contributed by atoms with Gasteiger partial charge in [0.15, 0.2) is 0 Å². The zero-order valence-electron chi connectivity index (χ0n) is 13.0. The number of benzene rings is 1. The van der Waals surface area contributed by atoms with Crippen LogP contribution < -0.4 is 0 Å². The molecule has 2 aromatic rings. The highest BCUT2D eigenvalue weighted by molar-refractivity contribution is 7.89. The number of aryl methyl sites for hydroxylation is 1. The van der Waals surface area contributed by atoms with Gasteiger partial charge in [0.1, 0.15) is 5.82 Å². The second-order valence-electron chi connectivity index (χ2n) is 5.53. The van der Waals surface area contributed by atoms with E-state index in [2.05, 4.69) is 9.97 Å². The molecule has 0 amide bonds. The van der Waals surface area contributed by atoms with Crippen molar-refractivity contribution in [3.63, 3.8) is 0 Å². The molecule has 0 radical (unpaired) electrons. The van der Waals surface area contributed by atoms with Gasteiger partial charge in [0.2, 0.25) is 10.0 Å². The fourth-order valence-corrected chi connectivity index (χ4v) is 4.32. The fourth-order valence-electron chi connectivity index (χ4n) is 2.70. The zero-order chi connectivity index (χ0) is 17.0. The Hall–Kier alpha value is -1.90. The molecule has 3 rings (SSSR count). The Morgan fingerprint density at radius 3 is 2.75 bits per heavy atom. The van der Waals surface area contributed by atoms with Gasteiger partial charge in [-0.3, -0.25) is 9.97 Å². The molecule has 2 heterocycles. The highest BCUT2D eigenvalue weighted by Crippen LogP contribution is 2.23. The van der Waals surface area contributed by atoms with E-state index < -0.39 is 15.8 Å². The molecule has 1 unspecified atom stereocenters. The van der Waals surface area contributed by atoms with E-state index in [1.807, 2.05) is 0 Å². The van der Waals surface area contributed by atoms with Crippen LogP contribution in [0.4, 0.5) is 4.39 Å². The third kappa shape index (κ3) is 3.77. The molecule has 0 spiro atoms. The Kier molecular flexibility index (Phi) is 5.17. The van der Waals surface area contributed by atoms with Crippen molar-refractivity contribution in [1.29, 1.82) is 0 Å². The maximum Gasteiger partial charge on any atom is 0.243 e. The third-order valence-electron chi connectivity index (χ3n) is 3.94. The average Bonchev–Trinajstić information content (AvgIpc) is 2.61. The quantitative estimate of drug-likeness (QED) is 0.819. The minimum atomic E-state index is -3.68. The summed E-state index contributed by atoms with van der Waals surface area (Å²) in [5.41, 5.74) is 0.808. The topological polar surface area (TPSA) is 72.4 Å². The molecule has 1 fully saturated rings. The molecule has 0 bridgehead atoms. The summed E-state index contributed by atoms with van der Waals surface area (Å²) in [6.07, 6.45) is 6.07. The average molecular weight is 351 g/mol. The lowest BCUT2D eigenvalue weighted by Gasteiger charge is -2.34. The van der Waals surface area contributed by atoms with E-state index in [0.717, 1.165) is 17.8 Å². The fraction of sp³-hybridized carbons (Fsp3) is 0.375. The highest BCUT2D eigenvalue weighted by atomic mass is 32.2. The number of ether oxygens (including phenoxy) is 1. The lowest BCUT2D eigenvalue weighted by Crippen LogP contribution is -2.48. The van der Waals surface area contributed by atoms with Crippen LogP contribution in [0.25, 0.3) is 0 Å². The lowest BCUT2D eigenvalue weighted by molar-refractivity contribution is 0.0297. The number of hydrogen-bond acceptors (Lipinski definition) is 5. The van der Waals surface area contributed by atoms with Gasteiger partial charge < -0.3 is 4.74 Å². The van der Waals surface area contributed by atoms with E-state index >= 15 is 0 Å².